The number of nitrogens with zero attached hydrogens (tertiary/aromatic N) is 2. The first kappa shape index (κ1) is 18.9. The predicted octanol–water partition coefficient (Wildman–Crippen LogP) is 3.99. The minimum absolute atomic E-state index is 0.499. The normalized spacial score (nSPS) is 13.9. The van der Waals surface area contributed by atoms with Crippen molar-refractivity contribution in [3.05, 3.63) is 83.9 Å². The van der Waals surface area contributed by atoms with Crippen LogP contribution in [0.3, 0.4) is 0 Å². The summed E-state index contributed by atoms with van der Waals surface area (Å²) in [6.45, 7) is 3.96. The largest absolute Gasteiger partial charge is 0.487 e. The Hall–Kier alpha value is -3.47. The molecule has 0 amide bonds. The maximum Gasteiger partial charge on any atom is 0.152 e. The number of nitrogens with two attached hydrogens (primary N) is 1. The number of aldehydes is 1. The third kappa shape index (κ3) is 4.35. The van der Waals surface area contributed by atoms with Gasteiger partial charge >= 0.3 is 0 Å². The molecule has 0 unspecified atom stereocenters. The number of hydrogen-bond acceptors (Lipinski definition) is 5. The van der Waals surface area contributed by atoms with Gasteiger partial charge in [-0.1, -0.05) is 42.5 Å². The predicted molar refractivity (Wildman–Crippen MR) is 118 cm³/mol. The molecule has 1 saturated heterocycles. The van der Waals surface area contributed by atoms with Gasteiger partial charge in [0.05, 0.1) is 5.69 Å². The lowest BCUT2D eigenvalue weighted by Gasteiger charge is -2.38. The highest BCUT2D eigenvalue weighted by Gasteiger charge is 2.19. The monoisotopic (exact) mass is 387 g/mol. The standard InChI is InChI=1S/C24H25N3O2/c25-22-16-21(10-11-24(22)29-18-19-6-2-1-3-7-19)26-12-14-27(15-13-26)23-9-5-4-8-20(23)17-28/h1-11,16-17H,12-15,18,25H2. The number of nitrogen functional groups attached to an aromatic ring is 1. The van der Waals surface area contributed by atoms with E-state index in [0.717, 1.165) is 55.0 Å². The van der Waals surface area contributed by atoms with Gasteiger partial charge in [0.1, 0.15) is 12.4 Å². The van der Waals surface area contributed by atoms with Gasteiger partial charge in [0.15, 0.2) is 6.29 Å². The van der Waals surface area contributed by atoms with Gasteiger partial charge in [0.25, 0.3) is 0 Å². The zero-order valence-corrected chi connectivity index (χ0v) is 16.3. The minimum atomic E-state index is 0.499. The van der Waals surface area contributed by atoms with E-state index in [1.165, 1.54) is 0 Å². The van der Waals surface area contributed by atoms with Crippen molar-refractivity contribution in [3.63, 3.8) is 0 Å². The fraction of sp³-hybridized carbons (Fsp3) is 0.208. The Labute approximate surface area is 171 Å². The van der Waals surface area contributed by atoms with E-state index < -0.39 is 0 Å². The molecule has 0 spiro atoms. The van der Waals surface area contributed by atoms with Crippen LogP contribution in [-0.2, 0) is 6.61 Å². The molecular formula is C24H25N3O2. The average Bonchev–Trinajstić information content (AvgIpc) is 2.79. The van der Waals surface area contributed by atoms with Crippen molar-refractivity contribution in [1.82, 2.24) is 0 Å². The molecule has 5 heteroatoms. The van der Waals surface area contributed by atoms with Crippen LogP contribution in [0.25, 0.3) is 0 Å². The third-order valence-corrected chi connectivity index (χ3v) is 5.28. The second-order valence-electron chi connectivity index (χ2n) is 7.15. The molecule has 0 aliphatic carbocycles. The van der Waals surface area contributed by atoms with Crippen LogP contribution in [0.15, 0.2) is 72.8 Å². The Kier molecular flexibility index (Phi) is 5.66. The van der Waals surface area contributed by atoms with E-state index >= 15 is 0 Å². The number of para-hydroxylation sites is 1. The molecule has 0 atom stereocenters. The number of carbonyl (C=O) groups excluding carboxylic acids is 1. The number of ether oxygens (including phenoxy) is 1. The summed E-state index contributed by atoms with van der Waals surface area (Å²) in [4.78, 5) is 15.9. The molecule has 5 nitrogen and oxygen atoms in total. The number of anilines is 3. The first-order valence-corrected chi connectivity index (χ1v) is 9.85. The smallest absolute Gasteiger partial charge is 0.152 e. The van der Waals surface area contributed by atoms with Crippen LogP contribution < -0.4 is 20.3 Å². The van der Waals surface area contributed by atoms with Gasteiger partial charge < -0.3 is 20.3 Å². The van der Waals surface area contributed by atoms with Gasteiger partial charge in [-0.25, -0.2) is 0 Å². The summed E-state index contributed by atoms with van der Waals surface area (Å²) in [6.07, 6.45) is 0.927. The highest BCUT2D eigenvalue weighted by atomic mass is 16.5. The molecule has 1 aliphatic heterocycles. The highest BCUT2D eigenvalue weighted by molar-refractivity contribution is 5.84. The molecule has 1 heterocycles. The van der Waals surface area contributed by atoms with Gasteiger partial charge in [-0.05, 0) is 35.9 Å². The maximum atomic E-state index is 11.3. The summed E-state index contributed by atoms with van der Waals surface area (Å²) < 4.78 is 5.88. The first-order valence-electron chi connectivity index (χ1n) is 9.85. The van der Waals surface area contributed by atoms with Crippen LogP contribution in [-0.4, -0.2) is 32.5 Å². The lowest BCUT2D eigenvalue weighted by Crippen LogP contribution is -2.46. The summed E-state index contributed by atoms with van der Waals surface area (Å²) in [7, 11) is 0. The van der Waals surface area contributed by atoms with Crippen LogP contribution in [0.1, 0.15) is 15.9 Å². The van der Waals surface area contributed by atoms with E-state index in [2.05, 4.69) is 15.9 Å². The minimum Gasteiger partial charge on any atom is -0.487 e. The molecule has 29 heavy (non-hydrogen) atoms. The zero-order chi connectivity index (χ0) is 20.1. The van der Waals surface area contributed by atoms with E-state index in [0.29, 0.717) is 18.0 Å². The molecule has 0 bridgehead atoms. The van der Waals surface area contributed by atoms with Gasteiger partial charge in [-0.15, -0.1) is 0 Å². The van der Waals surface area contributed by atoms with Crippen LogP contribution in [0.5, 0.6) is 5.75 Å². The maximum absolute atomic E-state index is 11.3. The second kappa shape index (κ2) is 8.69. The van der Waals surface area contributed by atoms with Crippen molar-refractivity contribution in [2.75, 3.05) is 41.7 Å². The first-order chi connectivity index (χ1) is 14.2. The topological polar surface area (TPSA) is 58.8 Å². The quantitative estimate of drug-likeness (QED) is 0.512. The molecule has 148 valence electrons. The van der Waals surface area contributed by atoms with Crippen LogP contribution >= 0.6 is 0 Å². The Morgan fingerprint density at radius 2 is 1.55 bits per heavy atom. The van der Waals surface area contributed by atoms with Gasteiger partial charge in [-0.3, -0.25) is 4.79 Å². The number of piperazine rings is 1. The molecule has 1 aliphatic rings. The number of rotatable bonds is 6. The molecule has 3 aromatic rings. The summed E-state index contributed by atoms with van der Waals surface area (Å²) in [5.41, 5.74) is 10.8. The van der Waals surface area contributed by atoms with E-state index in [1.54, 1.807) is 0 Å². The number of hydrogen-bond donors (Lipinski definition) is 1. The summed E-state index contributed by atoms with van der Waals surface area (Å²) in [6, 6.07) is 23.8. The fourth-order valence-electron chi connectivity index (χ4n) is 3.68. The molecule has 3 aromatic carbocycles. The van der Waals surface area contributed by atoms with Crippen LogP contribution in [0.4, 0.5) is 17.1 Å². The van der Waals surface area contributed by atoms with Crippen LogP contribution in [0.2, 0.25) is 0 Å². The van der Waals surface area contributed by atoms with Crippen molar-refractivity contribution in [1.29, 1.82) is 0 Å². The Bertz CT molecular complexity index is 967. The van der Waals surface area contributed by atoms with Crippen LogP contribution in [0, 0.1) is 0 Å². The molecule has 0 radical (unpaired) electrons. The summed E-state index contributed by atoms with van der Waals surface area (Å²) in [5, 5.41) is 0. The average molecular weight is 387 g/mol. The molecule has 0 aromatic heterocycles. The van der Waals surface area contributed by atoms with E-state index in [4.69, 9.17) is 10.5 Å². The summed E-state index contributed by atoms with van der Waals surface area (Å²) >= 11 is 0. The Morgan fingerprint density at radius 1 is 0.862 bits per heavy atom. The van der Waals surface area contributed by atoms with Crippen molar-refractivity contribution >= 4 is 23.3 Å². The molecule has 4 rings (SSSR count). The third-order valence-electron chi connectivity index (χ3n) is 5.28. The van der Waals surface area contributed by atoms with E-state index in [-0.39, 0.29) is 0 Å². The van der Waals surface area contributed by atoms with E-state index in [1.807, 2.05) is 66.7 Å². The molecule has 2 N–H and O–H groups in total. The van der Waals surface area contributed by atoms with Crippen molar-refractivity contribution in [2.45, 2.75) is 6.61 Å². The lowest BCUT2D eigenvalue weighted by molar-refractivity contribution is 0.112. The number of carbonyl (C=O) groups is 1. The number of benzene rings is 3. The van der Waals surface area contributed by atoms with Crippen molar-refractivity contribution in [2.24, 2.45) is 0 Å². The van der Waals surface area contributed by atoms with Crippen molar-refractivity contribution in [3.8, 4) is 5.75 Å². The SMILES string of the molecule is Nc1cc(N2CCN(c3ccccc3C=O)CC2)ccc1OCc1ccccc1. The molecule has 0 saturated carbocycles. The van der Waals surface area contributed by atoms with Gasteiger partial charge in [0, 0.05) is 43.1 Å². The highest BCUT2D eigenvalue weighted by Crippen LogP contribution is 2.29. The molecular weight excluding hydrogens is 362 g/mol. The lowest BCUT2D eigenvalue weighted by atomic mass is 10.1. The second-order valence-corrected chi connectivity index (χ2v) is 7.15. The zero-order valence-electron chi connectivity index (χ0n) is 16.3. The Morgan fingerprint density at radius 3 is 2.28 bits per heavy atom. The van der Waals surface area contributed by atoms with E-state index in [9.17, 15) is 4.79 Å². The molecule has 1 fully saturated rings. The van der Waals surface area contributed by atoms with Gasteiger partial charge in [-0.2, -0.15) is 0 Å². The van der Waals surface area contributed by atoms with Gasteiger partial charge in [0.2, 0.25) is 0 Å². The Balaban J connectivity index is 1.38. The fourth-order valence-corrected chi connectivity index (χ4v) is 3.68. The summed E-state index contributed by atoms with van der Waals surface area (Å²) in [5.74, 6) is 0.705. The van der Waals surface area contributed by atoms with Crippen molar-refractivity contribution < 1.29 is 9.53 Å².